The van der Waals surface area contributed by atoms with Crippen LogP contribution in [0.3, 0.4) is 0 Å². The Morgan fingerprint density at radius 3 is 1.86 bits per heavy atom. The molecule has 2 rings (SSSR count). The Morgan fingerprint density at radius 2 is 1.30 bits per heavy atom. The molecule has 2 saturated heterocycles. The molecule has 0 aromatic heterocycles. The number of nitrogens with one attached hydrogen (secondary N) is 2. The predicted molar refractivity (Wildman–Crippen MR) is 129 cm³/mol. The fourth-order valence-corrected chi connectivity index (χ4v) is 4.59. The number of unbranched alkanes of at least 4 members (excludes halogenated alkanes) is 5. The summed E-state index contributed by atoms with van der Waals surface area (Å²) in [6.07, 6.45) is -4.43. The highest BCUT2D eigenvalue weighted by molar-refractivity contribution is 5.73. The van der Waals surface area contributed by atoms with Gasteiger partial charge in [-0.05, 0) is 6.42 Å². The Morgan fingerprint density at radius 1 is 0.757 bits per heavy atom. The number of amides is 2. The van der Waals surface area contributed by atoms with Gasteiger partial charge in [0.15, 0.2) is 12.6 Å². The average molecular weight is 537 g/mol. The van der Waals surface area contributed by atoms with Crippen LogP contribution in [0.2, 0.25) is 0 Å². The van der Waals surface area contributed by atoms with Crippen LogP contribution < -0.4 is 10.6 Å². The molecule has 216 valence electrons. The van der Waals surface area contributed by atoms with Gasteiger partial charge in [-0.2, -0.15) is 0 Å². The molecule has 2 amide bonds. The zero-order valence-corrected chi connectivity index (χ0v) is 21.8. The third-order valence-corrected chi connectivity index (χ3v) is 6.55. The maximum atomic E-state index is 11.9. The minimum absolute atomic E-state index is 0.321. The second kappa shape index (κ2) is 15.9. The first-order valence-corrected chi connectivity index (χ1v) is 13.0. The Kier molecular flexibility index (Phi) is 13.6. The van der Waals surface area contributed by atoms with Crippen molar-refractivity contribution >= 4 is 11.8 Å². The summed E-state index contributed by atoms with van der Waals surface area (Å²) in [6.45, 7) is 3.69. The monoisotopic (exact) mass is 536 g/mol. The van der Waals surface area contributed by atoms with Gasteiger partial charge >= 0.3 is 0 Å². The second-order valence-electron chi connectivity index (χ2n) is 9.61. The predicted octanol–water partition coefficient (Wildman–Crippen LogP) is -1.72. The van der Waals surface area contributed by atoms with Gasteiger partial charge in [0, 0.05) is 20.5 Å². The van der Waals surface area contributed by atoms with E-state index in [0.29, 0.717) is 6.61 Å². The van der Waals surface area contributed by atoms with E-state index in [-0.39, 0.29) is 0 Å². The lowest BCUT2D eigenvalue weighted by Crippen LogP contribution is -2.69. The fourth-order valence-electron chi connectivity index (χ4n) is 4.59. The van der Waals surface area contributed by atoms with Crippen LogP contribution in [-0.2, 0) is 28.5 Å². The van der Waals surface area contributed by atoms with Crippen molar-refractivity contribution in [2.24, 2.45) is 0 Å². The summed E-state index contributed by atoms with van der Waals surface area (Å²) in [5.74, 6) is -1.000. The van der Waals surface area contributed by atoms with Crippen molar-refractivity contribution in [1.29, 1.82) is 0 Å². The molecule has 37 heavy (non-hydrogen) atoms. The number of aliphatic hydroxyl groups is 5. The van der Waals surface area contributed by atoms with Gasteiger partial charge in [0.1, 0.15) is 48.7 Å². The quantitative estimate of drug-likeness (QED) is 0.125. The Balaban J connectivity index is 2.14. The molecule has 10 atom stereocenters. The highest BCUT2D eigenvalue weighted by atomic mass is 16.7. The molecular formula is C24H44N2O11. The zero-order chi connectivity index (χ0) is 27.5. The van der Waals surface area contributed by atoms with Gasteiger partial charge in [0.05, 0.1) is 13.2 Å². The van der Waals surface area contributed by atoms with E-state index in [1.165, 1.54) is 20.3 Å². The first-order chi connectivity index (χ1) is 17.6. The molecule has 0 unspecified atom stereocenters. The van der Waals surface area contributed by atoms with E-state index in [1.807, 2.05) is 0 Å². The number of carbonyl (C=O) groups excluding carboxylic acids is 2. The third kappa shape index (κ3) is 9.08. The molecule has 0 aromatic carbocycles. The fraction of sp³-hybridized carbons (Fsp3) is 0.917. The van der Waals surface area contributed by atoms with Gasteiger partial charge in [-0.3, -0.25) is 9.59 Å². The summed E-state index contributed by atoms with van der Waals surface area (Å²) in [4.78, 5) is 23.6. The number of ether oxygens (including phenoxy) is 4. The van der Waals surface area contributed by atoms with Gasteiger partial charge in [-0.1, -0.05) is 39.0 Å². The van der Waals surface area contributed by atoms with Gasteiger partial charge in [-0.25, -0.2) is 0 Å². The highest BCUT2D eigenvalue weighted by Gasteiger charge is 2.51. The number of carbonyl (C=O) groups is 2. The van der Waals surface area contributed by atoms with Crippen molar-refractivity contribution in [2.75, 3.05) is 19.8 Å². The number of hydrogen-bond acceptors (Lipinski definition) is 11. The van der Waals surface area contributed by atoms with E-state index in [4.69, 9.17) is 18.9 Å². The minimum Gasteiger partial charge on any atom is -0.394 e. The first kappa shape index (κ1) is 31.8. The van der Waals surface area contributed by atoms with Crippen LogP contribution in [-0.4, -0.2) is 118 Å². The molecular weight excluding hydrogens is 492 g/mol. The molecule has 2 aliphatic rings. The van der Waals surface area contributed by atoms with Crippen LogP contribution in [0.4, 0.5) is 0 Å². The number of hydrogen-bond donors (Lipinski definition) is 7. The zero-order valence-electron chi connectivity index (χ0n) is 21.8. The standard InChI is InChI=1S/C24H44N2O11/c1-4-5-6-7-8-9-10-34-23-18(26-14(3)30)21(33)22(16(12-28)36-23)37-24-17(25-13(2)29)20(32)19(31)15(11-27)35-24/h15-24,27-28,31-33H,4-12H2,1-3H3,(H,25,29)(H,26,30)/t15-,16-,17-,18-,19+,20-,21-,22-,23-,24+/m1/s1. The molecule has 13 nitrogen and oxygen atoms in total. The van der Waals surface area contributed by atoms with Crippen LogP contribution in [0, 0.1) is 0 Å². The Hall–Kier alpha value is -1.42. The number of rotatable bonds is 14. The molecule has 7 N–H and O–H groups in total. The van der Waals surface area contributed by atoms with E-state index in [2.05, 4.69) is 17.6 Å². The van der Waals surface area contributed by atoms with Crippen molar-refractivity contribution in [3.63, 3.8) is 0 Å². The topological polar surface area (TPSA) is 196 Å². The lowest BCUT2D eigenvalue weighted by atomic mass is 9.94. The molecule has 0 aliphatic carbocycles. The third-order valence-electron chi connectivity index (χ3n) is 6.55. The molecule has 2 heterocycles. The summed E-state index contributed by atoms with van der Waals surface area (Å²) in [7, 11) is 0. The maximum Gasteiger partial charge on any atom is 0.217 e. The minimum atomic E-state index is -1.56. The normalized spacial score (nSPS) is 36.2. The summed E-state index contributed by atoms with van der Waals surface area (Å²) in [5.41, 5.74) is 0. The van der Waals surface area contributed by atoms with Gasteiger partial charge in [0.25, 0.3) is 0 Å². The smallest absolute Gasteiger partial charge is 0.217 e. The van der Waals surface area contributed by atoms with Crippen LogP contribution in [0.1, 0.15) is 59.3 Å². The van der Waals surface area contributed by atoms with Gasteiger partial charge in [-0.15, -0.1) is 0 Å². The largest absolute Gasteiger partial charge is 0.394 e. The average Bonchev–Trinajstić information content (AvgIpc) is 2.85. The molecule has 2 aliphatic heterocycles. The van der Waals surface area contributed by atoms with Gasteiger partial charge in [0.2, 0.25) is 11.8 Å². The Bertz CT molecular complexity index is 700. The maximum absolute atomic E-state index is 11.9. The van der Waals surface area contributed by atoms with Crippen molar-refractivity contribution in [3.05, 3.63) is 0 Å². The van der Waals surface area contributed by atoms with E-state index < -0.39 is 86.3 Å². The van der Waals surface area contributed by atoms with E-state index in [0.717, 1.165) is 32.1 Å². The second-order valence-corrected chi connectivity index (χ2v) is 9.61. The molecule has 0 radical (unpaired) electrons. The summed E-state index contributed by atoms with van der Waals surface area (Å²) in [6, 6.07) is -2.32. The Labute approximate surface area is 217 Å². The molecule has 0 spiro atoms. The van der Waals surface area contributed by atoms with Crippen molar-refractivity contribution in [3.8, 4) is 0 Å². The van der Waals surface area contributed by atoms with E-state index in [1.54, 1.807) is 0 Å². The van der Waals surface area contributed by atoms with Crippen LogP contribution in [0.5, 0.6) is 0 Å². The molecule has 2 fully saturated rings. The van der Waals surface area contributed by atoms with Crippen LogP contribution in [0.25, 0.3) is 0 Å². The highest BCUT2D eigenvalue weighted by Crippen LogP contribution is 2.30. The number of aliphatic hydroxyl groups excluding tert-OH is 5. The van der Waals surface area contributed by atoms with Crippen molar-refractivity contribution in [2.45, 2.75) is 121 Å². The van der Waals surface area contributed by atoms with Crippen molar-refractivity contribution < 1.29 is 54.1 Å². The lowest BCUT2D eigenvalue weighted by Gasteiger charge is -2.48. The van der Waals surface area contributed by atoms with Crippen molar-refractivity contribution in [1.82, 2.24) is 10.6 Å². The van der Waals surface area contributed by atoms with E-state index in [9.17, 15) is 35.1 Å². The van der Waals surface area contributed by atoms with E-state index >= 15 is 0 Å². The molecule has 0 aromatic rings. The summed E-state index contributed by atoms with van der Waals surface area (Å²) >= 11 is 0. The first-order valence-electron chi connectivity index (χ1n) is 13.0. The van der Waals surface area contributed by atoms with Crippen LogP contribution >= 0.6 is 0 Å². The lowest BCUT2D eigenvalue weighted by molar-refractivity contribution is -0.332. The van der Waals surface area contributed by atoms with Crippen LogP contribution in [0.15, 0.2) is 0 Å². The summed E-state index contributed by atoms with van der Waals surface area (Å²) < 4.78 is 23.2. The molecule has 0 bridgehead atoms. The molecule has 0 saturated carbocycles. The molecule has 13 heteroatoms. The van der Waals surface area contributed by atoms with Gasteiger partial charge < -0.3 is 55.1 Å². The SMILES string of the molecule is CCCCCCCCO[C@@H]1O[C@H](CO)[C@@H](O[C@@H]2O[C@H](CO)[C@H](O)[C@H](O)[C@H]2NC(C)=O)[C@H](O)[C@H]1NC(C)=O. The summed E-state index contributed by atoms with van der Waals surface area (Å²) in [5, 5.41) is 56.5.